The topological polar surface area (TPSA) is 167 Å². The Morgan fingerprint density at radius 3 is 2.48 bits per heavy atom. The average molecular weight is 421 g/mol. The molecule has 7 N–H and O–H groups in total. The Hall–Kier alpha value is -3.18. The molecule has 0 spiro atoms. The van der Waals surface area contributed by atoms with Crippen LogP contribution in [0.3, 0.4) is 0 Å². The Morgan fingerprint density at radius 2 is 1.90 bits per heavy atom. The van der Waals surface area contributed by atoms with E-state index in [2.05, 4.69) is 20.9 Å². The number of aliphatic hydroxyl groups excluding tert-OH is 1. The number of nitrogens with two attached hydrogens (primary N) is 1. The second-order valence-corrected chi connectivity index (χ2v) is 7.38. The number of aromatic hydroxyl groups is 1. The van der Waals surface area contributed by atoms with E-state index in [1.807, 2.05) is 0 Å². The number of hydrogen-bond acceptors (Lipinski definition) is 8. The molecule has 3 amide bonds. The van der Waals surface area contributed by atoms with Gasteiger partial charge in [0.2, 0.25) is 17.7 Å². The molecular formula is C18H23N5O5S. The molecular weight excluding hydrogens is 398 g/mol. The van der Waals surface area contributed by atoms with Gasteiger partial charge in [-0.1, -0.05) is 23.5 Å². The number of hydrogen-bond donors (Lipinski definition) is 6. The van der Waals surface area contributed by atoms with Crippen LogP contribution in [0.25, 0.3) is 0 Å². The highest BCUT2D eigenvalue weighted by molar-refractivity contribution is 7.15. The quantitative estimate of drug-likeness (QED) is 0.300. The maximum absolute atomic E-state index is 12.3. The van der Waals surface area contributed by atoms with Crippen molar-refractivity contribution >= 4 is 34.2 Å². The van der Waals surface area contributed by atoms with Crippen LogP contribution < -0.4 is 21.7 Å². The van der Waals surface area contributed by atoms with E-state index in [9.17, 15) is 19.5 Å². The summed E-state index contributed by atoms with van der Waals surface area (Å²) >= 11 is 1.21. The van der Waals surface area contributed by atoms with Crippen LogP contribution in [0.15, 0.2) is 30.5 Å². The molecule has 0 bridgehead atoms. The molecule has 1 heterocycles. The van der Waals surface area contributed by atoms with Gasteiger partial charge in [0.25, 0.3) is 0 Å². The molecule has 10 nitrogen and oxygen atoms in total. The molecule has 0 aliphatic heterocycles. The van der Waals surface area contributed by atoms with Gasteiger partial charge in [-0.25, -0.2) is 4.98 Å². The molecule has 156 valence electrons. The molecule has 2 aromatic rings. The fraction of sp³-hybridized carbons (Fsp3) is 0.333. The Kier molecular flexibility index (Phi) is 7.92. The number of aliphatic hydroxyl groups is 1. The first-order valence-electron chi connectivity index (χ1n) is 8.75. The number of amides is 3. The zero-order valence-corrected chi connectivity index (χ0v) is 16.5. The maximum Gasteiger partial charge on any atom is 0.242 e. The molecule has 0 saturated carbocycles. The number of rotatable bonds is 10. The summed E-state index contributed by atoms with van der Waals surface area (Å²) in [5, 5.41) is 26.6. The second-order valence-electron chi connectivity index (χ2n) is 6.27. The van der Waals surface area contributed by atoms with Crippen LogP contribution in [0, 0.1) is 0 Å². The van der Waals surface area contributed by atoms with Crippen molar-refractivity contribution in [2.45, 2.75) is 32.0 Å². The van der Waals surface area contributed by atoms with E-state index in [-0.39, 0.29) is 25.3 Å². The summed E-state index contributed by atoms with van der Waals surface area (Å²) in [6, 6.07) is 4.32. The van der Waals surface area contributed by atoms with Gasteiger partial charge in [-0.3, -0.25) is 14.4 Å². The smallest absolute Gasteiger partial charge is 0.242 e. The van der Waals surface area contributed by atoms with Gasteiger partial charge >= 0.3 is 0 Å². The third-order valence-electron chi connectivity index (χ3n) is 3.92. The Balaban J connectivity index is 1.84. The maximum atomic E-state index is 12.3. The summed E-state index contributed by atoms with van der Waals surface area (Å²) in [4.78, 5) is 40.7. The molecule has 11 heteroatoms. The first-order valence-corrected chi connectivity index (χ1v) is 9.56. The van der Waals surface area contributed by atoms with Gasteiger partial charge in [0, 0.05) is 12.6 Å². The summed E-state index contributed by atoms with van der Waals surface area (Å²) in [5.74, 6) is -1.63. The van der Waals surface area contributed by atoms with Crippen molar-refractivity contribution in [3.05, 3.63) is 40.9 Å². The van der Waals surface area contributed by atoms with Crippen molar-refractivity contribution in [2.75, 3.05) is 11.9 Å². The van der Waals surface area contributed by atoms with Gasteiger partial charge in [-0.2, -0.15) is 0 Å². The van der Waals surface area contributed by atoms with Crippen molar-refractivity contribution in [1.82, 2.24) is 15.6 Å². The summed E-state index contributed by atoms with van der Waals surface area (Å²) in [6.45, 7) is 1.25. The highest BCUT2D eigenvalue weighted by Gasteiger charge is 2.23. The molecule has 1 aromatic carbocycles. The van der Waals surface area contributed by atoms with Crippen LogP contribution in [0.1, 0.15) is 17.4 Å². The highest BCUT2D eigenvalue weighted by atomic mass is 32.1. The first kappa shape index (κ1) is 22.1. The fourth-order valence-corrected chi connectivity index (χ4v) is 3.03. The van der Waals surface area contributed by atoms with Gasteiger partial charge in [0.15, 0.2) is 5.13 Å². The number of nitrogens with one attached hydrogen (secondary N) is 3. The second kappa shape index (κ2) is 10.4. The van der Waals surface area contributed by atoms with E-state index in [4.69, 9.17) is 10.8 Å². The third kappa shape index (κ3) is 7.05. The number of benzene rings is 1. The lowest BCUT2D eigenvalue weighted by Crippen LogP contribution is -2.53. The molecule has 0 fully saturated rings. The lowest BCUT2D eigenvalue weighted by molar-refractivity contribution is -0.130. The van der Waals surface area contributed by atoms with Crippen LogP contribution in [-0.2, 0) is 27.4 Å². The van der Waals surface area contributed by atoms with Crippen molar-refractivity contribution < 1.29 is 24.6 Å². The van der Waals surface area contributed by atoms with Crippen molar-refractivity contribution in [2.24, 2.45) is 5.73 Å². The Labute approximate surface area is 171 Å². The predicted molar refractivity (Wildman–Crippen MR) is 107 cm³/mol. The lowest BCUT2D eigenvalue weighted by atomic mass is 10.0. The highest BCUT2D eigenvalue weighted by Crippen LogP contribution is 2.17. The summed E-state index contributed by atoms with van der Waals surface area (Å²) in [7, 11) is 0. The van der Waals surface area contributed by atoms with Gasteiger partial charge in [-0.05, 0) is 24.6 Å². The van der Waals surface area contributed by atoms with Crippen molar-refractivity contribution in [3.8, 4) is 5.75 Å². The monoisotopic (exact) mass is 421 g/mol. The van der Waals surface area contributed by atoms with Crippen LogP contribution in [0.4, 0.5) is 5.13 Å². The Bertz CT molecular complexity index is 855. The molecule has 0 saturated heterocycles. The average Bonchev–Trinajstić information content (AvgIpc) is 3.15. The molecule has 0 aliphatic rings. The number of carbonyl (C=O) groups is 3. The SMILES string of the molecule is C[C@H](NC(=O)CNc1ncc(CO)s1)C(=O)N[C@@H](Cc1ccc(O)cc1)C(N)=O. The van der Waals surface area contributed by atoms with Crippen LogP contribution in [-0.4, -0.2) is 51.5 Å². The van der Waals surface area contributed by atoms with E-state index in [0.29, 0.717) is 15.6 Å². The molecule has 0 radical (unpaired) electrons. The molecule has 2 atom stereocenters. The normalized spacial score (nSPS) is 12.6. The number of anilines is 1. The Morgan fingerprint density at radius 1 is 1.21 bits per heavy atom. The van der Waals surface area contributed by atoms with Gasteiger partial charge in [0.05, 0.1) is 18.0 Å². The van der Waals surface area contributed by atoms with E-state index in [1.165, 1.54) is 36.6 Å². The van der Waals surface area contributed by atoms with Crippen molar-refractivity contribution in [1.29, 1.82) is 0 Å². The predicted octanol–water partition coefficient (Wildman–Crippen LogP) is -0.530. The molecule has 2 rings (SSSR count). The zero-order chi connectivity index (χ0) is 21.4. The molecule has 29 heavy (non-hydrogen) atoms. The number of phenolic OH excluding ortho intramolecular Hbond substituents is 1. The standard InChI is InChI=1S/C18H23N5O5S/c1-10(22-15(26)8-21-18-20-7-13(9-24)29-18)17(28)23-14(16(19)27)6-11-2-4-12(25)5-3-11/h2-5,7,10,14,24-25H,6,8-9H2,1H3,(H2,19,27)(H,20,21)(H,22,26)(H,23,28)/t10-,14-/m0/s1. The zero-order valence-electron chi connectivity index (χ0n) is 15.7. The first-order chi connectivity index (χ1) is 13.8. The minimum atomic E-state index is -0.961. The largest absolute Gasteiger partial charge is 0.508 e. The lowest BCUT2D eigenvalue weighted by Gasteiger charge is -2.19. The van der Waals surface area contributed by atoms with Gasteiger partial charge < -0.3 is 31.9 Å². The number of thiazole rings is 1. The number of primary amides is 1. The number of carbonyl (C=O) groups excluding carboxylic acids is 3. The minimum absolute atomic E-state index is 0.0867. The van der Waals surface area contributed by atoms with Crippen LogP contribution in [0.2, 0.25) is 0 Å². The summed E-state index contributed by atoms with van der Waals surface area (Å²) in [6.07, 6.45) is 1.65. The number of nitrogens with zero attached hydrogens (tertiary/aromatic N) is 1. The van der Waals surface area contributed by atoms with Crippen LogP contribution in [0.5, 0.6) is 5.75 Å². The minimum Gasteiger partial charge on any atom is -0.508 e. The summed E-state index contributed by atoms with van der Waals surface area (Å²) in [5.41, 5.74) is 6.07. The number of phenols is 1. The molecule has 0 aliphatic carbocycles. The van der Waals surface area contributed by atoms with E-state index < -0.39 is 29.8 Å². The molecule has 0 unspecified atom stereocenters. The summed E-state index contributed by atoms with van der Waals surface area (Å²) < 4.78 is 0. The number of aromatic nitrogens is 1. The molecule has 1 aromatic heterocycles. The van der Waals surface area contributed by atoms with Crippen LogP contribution >= 0.6 is 11.3 Å². The third-order valence-corrected chi connectivity index (χ3v) is 4.86. The van der Waals surface area contributed by atoms with E-state index in [1.54, 1.807) is 12.1 Å². The van der Waals surface area contributed by atoms with Gasteiger partial charge in [-0.15, -0.1) is 0 Å². The van der Waals surface area contributed by atoms with E-state index in [0.717, 1.165) is 0 Å². The fourth-order valence-electron chi connectivity index (χ4n) is 2.36. The van der Waals surface area contributed by atoms with Gasteiger partial charge in [0.1, 0.15) is 17.8 Å². The van der Waals surface area contributed by atoms with Crippen molar-refractivity contribution in [3.63, 3.8) is 0 Å². The van der Waals surface area contributed by atoms with E-state index >= 15 is 0 Å².